The summed E-state index contributed by atoms with van der Waals surface area (Å²) in [4.78, 5) is 12.5. The fraction of sp³-hybridized carbons (Fsp3) is 0.267. The van der Waals surface area contributed by atoms with E-state index in [2.05, 4.69) is 15.1 Å². The molecule has 0 fully saturated rings. The van der Waals surface area contributed by atoms with Gasteiger partial charge in [0.25, 0.3) is 0 Å². The Kier molecular flexibility index (Phi) is 6.67. The molecule has 1 aromatic carbocycles. The average Bonchev–Trinajstić information content (AvgIpc) is 2.61. The predicted octanol–water partition coefficient (Wildman–Crippen LogP) is 3.94. The summed E-state index contributed by atoms with van der Waals surface area (Å²) in [5, 5.41) is 4.00. The normalized spacial score (nSPS) is 12.6. The fourth-order valence-electron chi connectivity index (χ4n) is 1.85. The van der Waals surface area contributed by atoms with Crippen LogP contribution in [0.1, 0.15) is 19.4 Å². The Hall–Kier alpha value is -2.60. The highest BCUT2D eigenvalue weighted by molar-refractivity contribution is 7.93. The van der Waals surface area contributed by atoms with Crippen molar-refractivity contribution in [1.82, 2.24) is 9.97 Å². The van der Waals surface area contributed by atoms with Crippen molar-refractivity contribution in [3.63, 3.8) is 0 Å². The third-order valence-electron chi connectivity index (χ3n) is 3.07. The summed E-state index contributed by atoms with van der Waals surface area (Å²) < 4.78 is 67.9. The lowest BCUT2D eigenvalue weighted by atomic mass is 10.1. The molecule has 0 radical (unpaired) electrons. The summed E-state index contributed by atoms with van der Waals surface area (Å²) in [6, 6.07) is 3.53. The van der Waals surface area contributed by atoms with Crippen LogP contribution in [0.25, 0.3) is 0 Å². The Bertz CT molecular complexity index is 966. The molecule has 2 aromatic rings. The number of benzene rings is 1. The highest BCUT2D eigenvalue weighted by atomic mass is 35.5. The first-order valence-corrected chi connectivity index (χ1v) is 9.45. The Balaban J connectivity index is 2.43. The summed E-state index contributed by atoms with van der Waals surface area (Å²) in [6.07, 6.45) is 2.58. The molecule has 1 heterocycles. The van der Waals surface area contributed by atoms with Crippen molar-refractivity contribution in [2.75, 3.05) is 11.3 Å². The monoisotopic (exact) mass is 438 g/mol. The molecule has 28 heavy (non-hydrogen) atoms. The van der Waals surface area contributed by atoms with Gasteiger partial charge in [-0.05, 0) is 32.0 Å². The molecule has 8 nitrogen and oxygen atoms in total. The van der Waals surface area contributed by atoms with Crippen molar-refractivity contribution in [2.45, 2.75) is 19.4 Å². The number of rotatable bonds is 7. The Morgan fingerprint density at radius 3 is 2.50 bits per heavy atom. The summed E-state index contributed by atoms with van der Waals surface area (Å²) in [7, 11) is -5.63. The van der Waals surface area contributed by atoms with Gasteiger partial charge in [-0.15, -0.1) is 0 Å². The van der Waals surface area contributed by atoms with E-state index >= 15 is 0 Å². The van der Waals surface area contributed by atoms with Crippen LogP contribution < -0.4 is 9.46 Å². The number of alkyl halides is 3. The van der Waals surface area contributed by atoms with Crippen molar-refractivity contribution in [3.05, 3.63) is 41.2 Å². The second-order valence-corrected chi connectivity index (χ2v) is 7.25. The van der Waals surface area contributed by atoms with E-state index < -0.39 is 15.5 Å². The number of hydrogen-bond donors (Lipinski definition) is 1. The van der Waals surface area contributed by atoms with Gasteiger partial charge in [0.1, 0.15) is 12.4 Å². The maximum atomic E-state index is 12.7. The zero-order valence-corrected chi connectivity index (χ0v) is 16.1. The first-order chi connectivity index (χ1) is 13.0. The first-order valence-electron chi connectivity index (χ1n) is 7.59. The first kappa shape index (κ1) is 21.7. The minimum absolute atomic E-state index is 0.00717. The van der Waals surface area contributed by atoms with Gasteiger partial charge < -0.3 is 9.57 Å². The molecule has 0 aliphatic rings. The second kappa shape index (κ2) is 8.61. The fourth-order valence-corrected chi connectivity index (χ4v) is 2.53. The van der Waals surface area contributed by atoms with E-state index in [-0.39, 0.29) is 40.4 Å². The number of anilines is 1. The number of aromatic nitrogens is 2. The Morgan fingerprint density at radius 2 is 1.93 bits per heavy atom. The van der Waals surface area contributed by atoms with Crippen LogP contribution in [0.3, 0.4) is 0 Å². The van der Waals surface area contributed by atoms with E-state index in [4.69, 9.17) is 21.2 Å². The molecule has 1 N–H and O–H groups in total. The molecule has 1 aromatic heterocycles. The lowest BCUT2D eigenvalue weighted by Crippen LogP contribution is -2.30. The number of ether oxygens (including phenoxy) is 1. The molecular formula is C15H14ClF3N4O4S. The molecule has 0 aliphatic heterocycles. The third-order valence-corrected chi connectivity index (χ3v) is 4.36. The highest BCUT2D eigenvalue weighted by Crippen LogP contribution is 2.30. The van der Waals surface area contributed by atoms with E-state index in [0.717, 1.165) is 6.07 Å². The van der Waals surface area contributed by atoms with Crippen LogP contribution in [0.4, 0.5) is 18.9 Å². The van der Waals surface area contributed by atoms with Gasteiger partial charge in [0.2, 0.25) is 0 Å². The number of sulfonamides is 1. The molecule has 0 bridgehead atoms. The number of hydrogen-bond acceptors (Lipinski definition) is 7. The lowest BCUT2D eigenvalue weighted by molar-refractivity contribution is -0.0429. The van der Waals surface area contributed by atoms with E-state index in [9.17, 15) is 21.6 Å². The molecule has 0 atom stereocenters. The molecule has 0 saturated heterocycles. The van der Waals surface area contributed by atoms with Crippen LogP contribution in [-0.4, -0.2) is 36.2 Å². The van der Waals surface area contributed by atoms with Crippen molar-refractivity contribution < 1.29 is 31.2 Å². The SMILES string of the molecule is CCON=C(C)c1cc(Oc2ncc(Cl)cn2)ccc1NS(=O)(=O)C(F)(F)F. The molecule has 13 heteroatoms. The molecule has 0 amide bonds. The number of nitrogens with one attached hydrogen (secondary N) is 1. The van der Waals surface area contributed by atoms with Gasteiger partial charge >= 0.3 is 21.5 Å². The maximum absolute atomic E-state index is 12.7. The second-order valence-electron chi connectivity index (χ2n) is 5.14. The van der Waals surface area contributed by atoms with Gasteiger partial charge in [0.15, 0.2) is 0 Å². The van der Waals surface area contributed by atoms with Crippen LogP contribution in [0, 0.1) is 0 Å². The quantitative estimate of drug-likeness (QED) is 0.518. The maximum Gasteiger partial charge on any atom is 0.516 e. The van der Waals surface area contributed by atoms with Crippen LogP contribution in [0.2, 0.25) is 5.02 Å². The average molecular weight is 439 g/mol. The van der Waals surface area contributed by atoms with Gasteiger partial charge in [-0.25, -0.2) is 9.97 Å². The Labute approximate surface area is 163 Å². The van der Waals surface area contributed by atoms with Crippen LogP contribution in [0.15, 0.2) is 35.7 Å². The summed E-state index contributed by atoms with van der Waals surface area (Å²) in [6.45, 7) is 3.29. The van der Waals surface area contributed by atoms with Gasteiger partial charge in [-0.1, -0.05) is 16.8 Å². The molecule has 0 unspecified atom stereocenters. The van der Waals surface area contributed by atoms with Gasteiger partial charge in [0, 0.05) is 5.56 Å². The molecular weight excluding hydrogens is 425 g/mol. The molecule has 2 rings (SSSR count). The molecule has 0 aliphatic carbocycles. The zero-order valence-electron chi connectivity index (χ0n) is 14.5. The van der Waals surface area contributed by atoms with Gasteiger partial charge in [-0.2, -0.15) is 21.6 Å². The minimum Gasteiger partial charge on any atom is -0.424 e. The Morgan fingerprint density at radius 1 is 1.29 bits per heavy atom. The van der Waals surface area contributed by atoms with Crippen LogP contribution >= 0.6 is 11.6 Å². The lowest BCUT2D eigenvalue weighted by Gasteiger charge is -2.15. The van der Waals surface area contributed by atoms with E-state index in [1.165, 1.54) is 36.2 Å². The summed E-state index contributed by atoms with van der Waals surface area (Å²) >= 11 is 5.68. The van der Waals surface area contributed by atoms with Gasteiger partial charge in [0.05, 0.1) is 28.8 Å². The van der Waals surface area contributed by atoms with Gasteiger partial charge in [-0.3, -0.25) is 4.72 Å². The van der Waals surface area contributed by atoms with E-state index in [1.54, 1.807) is 6.92 Å². The third kappa shape index (κ3) is 5.45. The van der Waals surface area contributed by atoms with Crippen LogP contribution in [-0.2, 0) is 14.9 Å². The van der Waals surface area contributed by atoms with Crippen LogP contribution in [0.5, 0.6) is 11.8 Å². The molecule has 0 spiro atoms. The number of halogens is 4. The standard InChI is InChI=1S/C15H14ClF3N4O4S/c1-3-26-22-9(2)12-6-11(27-14-20-7-10(16)8-21-14)4-5-13(12)23-28(24,25)15(17,18)19/h4-8,23H,3H2,1-2H3. The van der Waals surface area contributed by atoms with Crippen molar-refractivity contribution in [2.24, 2.45) is 5.16 Å². The largest absolute Gasteiger partial charge is 0.516 e. The predicted molar refractivity (Wildman–Crippen MR) is 96.0 cm³/mol. The molecule has 0 saturated carbocycles. The summed E-state index contributed by atoms with van der Waals surface area (Å²) in [5.74, 6) is 0.123. The van der Waals surface area contributed by atoms with E-state index in [0.29, 0.717) is 0 Å². The molecule has 152 valence electrons. The minimum atomic E-state index is -5.63. The van der Waals surface area contributed by atoms with Crippen molar-refractivity contribution >= 4 is 33.0 Å². The topological polar surface area (TPSA) is 103 Å². The smallest absolute Gasteiger partial charge is 0.424 e. The summed E-state index contributed by atoms with van der Waals surface area (Å²) in [5.41, 5.74) is -5.72. The van der Waals surface area contributed by atoms with E-state index in [1.807, 2.05) is 0 Å². The van der Waals surface area contributed by atoms with Crippen molar-refractivity contribution in [3.8, 4) is 11.8 Å². The highest BCUT2D eigenvalue weighted by Gasteiger charge is 2.46. The number of oxime groups is 1. The van der Waals surface area contributed by atoms with Crippen molar-refractivity contribution in [1.29, 1.82) is 0 Å². The zero-order chi connectivity index (χ0) is 20.9. The number of nitrogens with zero attached hydrogens (tertiary/aromatic N) is 3.